The van der Waals surface area contributed by atoms with E-state index in [9.17, 15) is 9.59 Å². The van der Waals surface area contributed by atoms with Crippen LogP contribution in [0.4, 0.5) is 0 Å². The van der Waals surface area contributed by atoms with Gasteiger partial charge in [0, 0.05) is 31.3 Å². The van der Waals surface area contributed by atoms with E-state index >= 15 is 0 Å². The Morgan fingerprint density at radius 1 is 0.818 bits per heavy atom. The van der Waals surface area contributed by atoms with Gasteiger partial charge in [-0.05, 0) is 121 Å². The summed E-state index contributed by atoms with van der Waals surface area (Å²) < 4.78 is 37.6. The highest BCUT2D eigenvalue weighted by Crippen LogP contribution is 2.62. The molecule has 4 aliphatic heterocycles. The SMILES string of the molecule is C=C(C)C(=O)OC1CCCC1CC1CC2(COC)OC1CC2C1CCCC(OC(=O)C(=C)C)(C2CC3CCC2(COC)O3)C1. The van der Waals surface area contributed by atoms with Crippen LogP contribution in [-0.2, 0) is 38.0 Å². The number of esters is 2. The van der Waals surface area contributed by atoms with Gasteiger partial charge in [0.2, 0.25) is 0 Å². The number of fused-ring (bicyclic) bond motifs is 4. The first-order valence-electron chi connectivity index (χ1n) is 17.1. The van der Waals surface area contributed by atoms with Gasteiger partial charge in [0.05, 0.1) is 36.6 Å². The average molecular weight is 615 g/mol. The number of carbonyl (C=O) groups is 2. The molecule has 11 atom stereocenters. The van der Waals surface area contributed by atoms with Crippen LogP contribution in [0.5, 0.6) is 0 Å². The summed E-state index contributed by atoms with van der Waals surface area (Å²) in [6.45, 7) is 12.2. The van der Waals surface area contributed by atoms with Crippen molar-refractivity contribution in [3.05, 3.63) is 24.3 Å². The molecule has 0 radical (unpaired) electrons. The Morgan fingerprint density at radius 2 is 1.57 bits per heavy atom. The Bertz CT molecular complexity index is 1140. The van der Waals surface area contributed by atoms with Crippen molar-refractivity contribution >= 4 is 11.9 Å². The number of carbonyl (C=O) groups excluding carboxylic acids is 2. The van der Waals surface area contributed by atoms with Crippen LogP contribution in [0.1, 0.15) is 97.3 Å². The Balaban J connectivity index is 1.21. The maximum Gasteiger partial charge on any atom is 0.333 e. The van der Waals surface area contributed by atoms with Crippen molar-refractivity contribution in [3.63, 3.8) is 0 Å². The van der Waals surface area contributed by atoms with E-state index in [0.29, 0.717) is 48.0 Å². The Labute approximate surface area is 263 Å². The molecule has 8 nitrogen and oxygen atoms in total. The molecular formula is C36H54O8. The topological polar surface area (TPSA) is 89.5 Å². The van der Waals surface area contributed by atoms with Crippen molar-refractivity contribution in [2.45, 2.75) is 132 Å². The minimum atomic E-state index is -0.605. The van der Waals surface area contributed by atoms with Gasteiger partial charge >= 0.3 is 11.9 Å². The number of methoxy groups -OCH3 is 2. The Hall–Kier alpha value is -1.74. The van der Waals surface area contributed by atoms with Gasteiger partial charge < -0.3 is 28.4 Å². The molecule has 0 spiro atoms. The van der Waals surface area contributed by atoms with Crippen molar-refractivity contribution < 1.29 is 38.0 Å². The third-order valence-corrected chi connectivity index (χ3v) is 12.3. The summed E-state index contributed by atoms with van der Waals surface area (Å²) in [6.07, 6.45) is 13.1. The second kappa shape index (κ2) is 12.5. The molecule has 0 aromatic carbocycles. The van der Waals surface area contributed by atoms with Crippen LogP contribution in [0.3, 0.4) is 0 Å². The fourth-order valence-corrected chi connectivity index (χ4v) is 10.6. The second-order valence-electron chi connectivity index (χ2n) is 15.3. The first-order chi connectivity index (χ1) is 21.0. The molecule has 44 heavy (non-hydrogen) atoms. The van der Waals surface area contributed by atoms with Crippen molar-refractivity contribution in [1.29, 1.82) is 0 Å². The van der Waals surface area contributed by atoms with E-state index in [2.05, 4.69) is 13.2 Å². The lowest BCUT2D eigenvalue weighted by Gasteiger charge is -2.52. The number of hydrogen-bond donors (Lipinski definition) is 0. The summed E-state index contributed by atoms with van der Waals surface area (Å²) in [7, 11) is 3.52. The van der Waals surface area contributed by atoms with Crippen LogP contribution >= 0.6 is 0 Å². The van der Waals surface area contributed by atoms with E-state index in [-0.39, 0.29) is 41.8 Å². The third-order valence-electron chi connectivity index (χ3n) is 12.3. The lowest BCUT2D eigenvalue weighted by molar-refractivity contribution is -0.189. The molecule has 8 heteroatoms. The minimum Gasteiger partial charge on any atom is -0.459 e. The fraction of sp³-hybridized carbons (Fsp3) is 0.833. The monoisotopic (exact) mass is 614 g/mol. The van der Waals surface area contributed by atoms with Crippen LogP contribution in [0.25, 0.3) is 0 Å². The van der Waals surface area contributed by atoms with Gasteiger partial charge in [-0.2, -0.15) is 0 Å². The van der Waals surface area contributed by atoms with E-state index in [1.54, 1.807) is 28.1 Å². The van der Waals surface area contributed by atoms with Crippen LogP contribution < -0.4 is 0 Å². The fourth-order valence-electron chi connectivity index (χ4n) is 10.6. The molecule has 11 unspecified atom stereocenters. The van der Waals surface area contributed by atoms with Gasteiger partial charge in [-0.15, -0.1) is 0 Å². The molecule has 2 saturated carbocycles. The lowest BCUT2D eigenvalue weighted by Crippen LogP contribution is -2.57. The molecule has 4 saturated heterocycles. The van der Waals surface area contributed by atoms with Gasteiger partial charge in [0.25, 0.3) is 0 Å². The normalized spacial score (nSPS) is 44.2. The predicted molar refractivity (Wildman–Crippen MR) is 165 cm³/mol. The summed E-state index contributed by atoms with van der Waals surface area (Å²) in [5.74, 6) is 1.02. The van der Waals surface area contributed by atoms with E-state index in [4.69, 9.17) is 28.4 Å². The van der Waals surface area contributed by atoms with Gasteiger partial charge in [0.1, 0.15) is 11.7 Å². The molecule has 4 heterocycles. The van der Waals surface area contributed by atoms with E-state index < -0.39 is 11.2 Å². The zero-order valence-corrected chi connectivity index (χ0v) is 27.4. The molecule has 6 rings (SSSR count). The molecular weight excluding hydrogens is 560 g/mol. The van der Waals surface area contributed by atoms with Gasteiger partial charge in [0.15, 0.2) is 0 Å². The highest BCUT2D eigenvalue weighted by Gasteiger charge is 2.66. The van der Waals surface area contributed by atoms with Crippen LogP contribution in [0, 0.1) is 29.6 Å². The van der Waals surface area contributed by atoms with E-state index in [1.165, 1.54) is 0 Å². The zero-order chi connectivity index (χ0) is 31.3. The molecule has 6 fully saturated rings. The highest BCUT2D eigenvalue weighted by molar-refractivity contribution is 5.87. The molecule has 4 bridgehead atoms. The molecule has 2 aliphatic carbocycles. The molecule has 6 aliphatic rings. The quantitative estimate of drug-likeness (QED) is 0.192. The van der Waals surface area contributed by atoms with Crippen molar-refractivity contribution in [2.75, 3.05) is 27.4 Å². The van der Waals surface area contributed by atoms with Gasteiger partial charge in [-0.25, -0.2) is 9.59 Å². The average Bonchev–Trinajstić information content (AvgIpc) is 3.80. The van der Waals surface area contributed by atoms with Crippen molar-refractivity contribution in [2.24, 2.45) is 29.6 Å². The summed E-state index contributed by atoms with van der Waals surface area (Å²) in [5, 5.41) is 0. The largest absolute Gasteiger partial charge is 0.459 e. The van der Waals surface area contributed by atoms with E-state index in [1.807, 2.05) is 0 Å². The molecule has 246 valence electrons. The van der Waals surface area contributed by atoms with Gasteiger partial charge in [-0.3, -0.25) is 0 Å². The standard InChI is InChI=1S/C36H54O8/c1-22(2)32(37)41-29-11-7-9-24(29)15-26-19-36(21-40-6)28(17-30(26)43-36)25-10-8-13-34(18-25,44-33(38)23(3)4)31-16-27-12-14-35(31,42-27)20-39-5/h24-31H,1,3,7-21H2,2,4-6H3. The van der Waals surface area contributed by atoms with Gasteiger partial charge in [-0.1, -0.05) is 13.2 Å². The van der Waals surface area contributed by atoms with E-state index in [0.717, 1.165) is 83.5 Å². The smallest absolute Gasteiger partial charge is 0.333 e. The van der Waals surface area contributed by atoms with Crippen LogP contribution in [-0.4, -0.2) is 74.5 Å². The Morgan fingerprint density at radius 3 is 2.27 bits per heavy atom. The molecule has 0 N–H and O–H groups in total. The molecule has 0 aromatic heterocycles. The first-order valence-corrected chi connectivity index (χ1v) is 17.1. The number of hydrogen-bond acceptors (Lipinski definition) is 8. The van der Waals surface area contributed by atoms with Crippen molar-refractivity contribution in [3.8, 4) is 0 Å². The van der Waals surface area contributed by atoms with Crippen molar-refractivity contribution in [1.82, 2.24) is 0 Å². The zero-order valence-electron chi connectivity index (χ0n) is 27.4. The highest BCUT2D eigenvalue weighted by atomic mass is 16.6. The molecule has 0 amide bonds. The molecule has 0 aromatic rings. The minimum absolute atomic E-state index is 0.0298. The van der Waals surface area contributed by atoms with Crippen LogP contribution in [0.15, 0.2) is 24.3 Å². The van der Waals surface area contributed by atoms with Crippen LogP contribution in [0.2, 0.25) is 0 Å². The summed E-state index contributed by atoms with van der Waals surface area (Å²) in [5.41, 5.74) is -0.441. The number of ether oxygens (including phenoxy) is 6. The summed E-state index contributed by atoms with van der Waals surface area (Å²) >= 11 is 0. The second-order valence-corrected chi connectivity index (χ2v) is 15.3. The third kappa shape index (κ3) is 5.71. The first kappa shape index (κ1) is 32.2. The summed E-state index contributed by atoms with van der Waals surface area (Å²) in [4.78, 5) is 25.5. The maximum atomic E-state index is 13.2. The summed E-state index contributed by atoms with van der Waals surface area (Å²) in [6, 6.07) is 0. The predicted octanol–water partition coefficient (Wildman–Crippen LogP) is 6.11. The maximum absolute atomic E-state index is 13.2. The lowest BCUT2D eigenvalue weighted by atomic mass is 9.57. The number of rotatable bonds is 12. The Kier molecular flexibility index (Phi) is 9.12.